The van der Waals surface area contributed by atoms with Gasteiger partial charge in [-0.05, 0) is 52.3 Å². The van der Waals surface area contributed by atoms with Crippen molar-refractivity contribution >= 4 is 45.5 Å². The molecule has 2 heterocycles. The number of nitrogens with zero attached hydrogens (tertiary/aromatic N) is 1. The van der Waals surface area contributed by atoms with Crippen LogP contribution in [0.2, 0.25) is 0 Å². The molecule has 3 rings (SSSR count). The van der Waals surface area contributed by atoms with Gasteiger partial charge in [0, 0.05) is 24.3 Å². The summed E-state index contributed by atoms with van der Waals surface area (Å²) in [5.41, 5.74) is 1.45. The molecular weight excluding hydrogens is 364 g/mol. The van der Waals surface area contributed by atoms with Crippen LogP contribution in [0.15, 0.2) is 56.2 Å². The monoisotopic (exact) mass is 374 g/mol. The number of aliphatic imine (C=N–C) groups is 1. The summed E-state index contributed by atoms with van der Waals surface area (Å²) in [4.78, 5) is 27.0. The smallest absolute Gasteiger partial charge is 0.363 e. The van der Waals surface area contributed by atoms with Gasteiger partial charge in [0.2, 0.25) is 11.8 Å². The number of hydrogen-bond donors (Lipinski definition) is 1. The zero-order valence-corrected chi connectivity index (χ0v) is 13.6. The van der Waals surface area contributed by atoms with E-state index in [0.717, 1.165) is 0 Å². The van der Waals surface area contributed by atoms with Crippen molar-refractivity contribution < 1.29 is 18.7 Å². The number of anilines is 1. The highest BCUT2D eigenvalue weighted by atomic mass is 79.9. The summed E-state index contributed by atoms with van der Waals surface area (Å²) in [6.07, 6.45) is 1.51. The summed E-state index contributed by atoms with van der Waals surface area (Å²) in [7, 11) is 0. The number of esters is 1. The van der Waals surface area contributed by atoms with Crippen LogP contribution < -0.4 is 5.32 Å². The molecule has 1 aromatic carbocycles. The molecule has 0 bridgehead atoms. The molecule has 6 nitrogen and oxygen atoms in total. The molecule has 1 aliphatic rings. The molecule has 1 aliphatic heterocycles. The van der Waals surface area contributed by atoms with E-state index in [1.807, 2.05) is 0 Å². The molecule has 1 aromatic heterocycles. The molecule has 7 heteroatoms. The van der Waals surface area contributed by atoms with Crippen LogP contribution in [0.25, 0.3) is 6.08 Å². The molecule has 0 aliphatic carbocycles. The number of hydrogen-bond acceptors (Lipinski definition) is 5. The van der Waals surface area contributed by atoms with Crippen LogP contribution in [-0.4, -0.2) is 17.8 Å². The average Bonchev–Trinajstić information content (AvgIpc) is 3.06. The van der Waals surface area contributed by atoms with E-state index in [9.17, 15) is 9.59 Å². The van der Waals surface area contributed by atoms with Gasteiger partial charge in [0.25, 0.3) is 0 Å². The maximum Gasteiger partial charge on any atom is 0.363 e. The molecule has 23 heavy (non-hydrogen) atoms. The van der Waals surface area contributed by atoms with Crippen LogP contribution in [-0.2, 0) is 14.3 Å². The Labute approximate surface area is 140 Å². The van der Waals surface area contributed by atoms with Crippen molar-refractivity contribution in [2.45, 2.75) is 6.92 Å². The van der Waals surface area contributed by atoms with E-state index in [-0.39, 0.29) is 17.5 Å². The zero-order chi connectivity index (χ0) is 16.4. The quantitative estimate of drug-likeness (QED) is 0.659. The highest BCUT2D eigenvalue weighted by Gasteiger charge is 2.24. The van der Waals surface area contributed by atoms with E-state index in [4.69, 9.17) is 9.15 Å². The third kappa shape index (κ3) is 3.57. The molecule has 0 saturated carbocycles. The van der Waals surface area contributed by atoms with Gasteiger partial charge in [0.1, 0.15) is 5.76 Å². The Hall–Kier alpha value is -2.67. The zero-order valence-electron chi connectivity index (χ0n) is 12.0. The molecule has 116 valence electrons. The molecule has 1 amide bonds. The number of carbonyl (C=O) groups is 2. The predicted octanol–water partition coefficient (Wildman–Crippen LogP) is 3.35. The SMILES string of the molecule is CC(=O)Nc1ccc(C2=N/C(=C\c3ccc(Br)o3)C(=O)O2)cc1. The minimum Gasteiger partial charge on any atom is -0.450 e. The van der Waals surface area contributed by atoms with Crippen molar-refractivity contribution in [2.24, 2.45) is 4.99 Å². The van der Waals surface area contributed by atoms with Crippen molar-refractivity contribution in [3.63, 3.8) is 0 Å². The maximum absolute atomic E-state index is 11.9. The second kappa shape index (κ2) is 6.21. The second-order valence-corrected chi connectivity index (χ2v) is 5.52. The molecule has 0 saturated heterocycles. The number of ether oxygens (including phenoxy) is 1. The lowest BCUT2D eigenvalue weighted by atomic mass is 10.2. The fourth-order valence-corrected chi connectivity index (χ4v) is 2.29. The number of carbonyl (C=O) groups excluding carboxylic acids is 2. The van der Waals surface area contributed by atoms with Crippen molar-refractivity contribution in [1.29, 1.82) is 0 Å². The first-order chi connectivity index (χ1) is 11.0. The average molecular weight is 375 g/mol. The lowest BCUT2D eigenvalue weighted by molar-refractivity contribution is -0.130. The summed E-state index contributed by atoms with van der Waals surface area (Å²) >= 11 is 3.19. The van der Waals surface area contributed by atoms with Gasteiger partial charge in [-0.2, -0.15) is 0 Å². The van der Waals surface area contributed by atoms with E-state index in [2.05, 4.69) is 26.2 Å². The summed E-state index contributed by atoms with van der Waals surface area (Å²) in [5.74, 6) is 0.00625. The molecule has 0 radical (unpaired) electrons. The molecule has 0 fully saturated rings. The van der Waals surface area contributed by atoms with Gasteiger partial charge in [0.05, 0.1) is 0 Å². The molecule has 0 spiro atoms. The Morgan fingerprint density at radius 1 is 1.22 bits per heavy atom. The first-order valence-electron chi connectivity index (χ1n) is 6.67. The summed E-state index contributed by atoms with van der Waals surface area (Å²) < 4.78 is 11.0. The standard InChI is InChI=1S/C16H11BrN2O4/c1-9(20)18-11-4-2-10(3-5-11)15-19-13(16(21)23-15)8-12-6-7-14(17)22-12/h2-8H,1H3,(H,18,20)/b13-8-. The van der Waals surface area contributed by atoms with Crippen molar-refractivity contribution in [1.82, 2.24) is 0 Å². The van der Waals surface area contributed by atoms with Crippen molar-refractivity contribution in [3.05, 3.63) is 58.1 Å². The van der Waals surface area contributed by atoms with Crippen molar-refractivity contribution in [2.75, 3.05) is 5.32 Å². The van der Waals surface area contributed by atoms with Crippen LogP contribution in [0, 0.1) is 0 Å². The Balaban J connectivity index is 1.83. The van der Waals surface area contributed by atoms with Gasteiger partial charge < -0.3 is 14.5 Å². The number of cyclic esters (lactones) is 1. The molecule has 0 atom stereocenters. The molecule has 2 aromatic rings. The summed E-state index contributed by atoms with van der Waals surface area (Å²) in [6, 6.07) is 10.3. The van der Waals surface area contributed by atoms with Crippen LogP contribution in [0.5, 0.6) is 0 Å². The Kier molecular flexibility index (Phi) is 4.12. The van der Waals surface area contributed by atoms with Crippen molar-refractivity contribution in [3.8, 4) is 0 Å². The fourth-order valence-electron chi connectivity index (χ4n) is 1.97. The van der Waals surface area contributed by atoms with E-state index >= 15 is 0 Å². The summed E-state index contributed by atoms with van der Waals surface area (Å²) in [5, 5.41) is 2.66. The molecular formula is C16H11BrN2O4. The number of amides is 1. The molecule has 0 unspecified atom stereocenters. The lowest BCUT2D eigenvalue weighted by Crippen LogP contribution is -2.07. The van der Waals surface area contributed by atoms with Crippen LogP contribution in [0.3, 0.4) is 0 Å². The van der Waals surface area contributed by atoms with Crippen LogP contribution in [0.1, 0.15) is 18.2 Å². The van der Waals surface area contributed by atoms with Gasteiger partial charge >= 0.3 is 5.97 Å². The minimum absolute atomic E-state index is 0.155. The van der Waals surface area contributed by atoms with Gasteiger partial charge in [-0.1, -0.05) is 0 Å². The van der Waals surface area contributed by atoms with Gasteiger partial charge in [-0.15, -0.1) is 0 Å². The van der Waals surface area contributed by atoms with E-state index in [1.165, 1.54) is 13.0 Å². The first kappa shape index (κ1) is 15.2. The third-order valence-corrected chi connectivity index (χ3v) is 3.37. The van der Waals surface area contributed by atoms with Crippen LogP contribution >= 0.6 is 15.9 Å². The van der Waals surface area contributed by atoms with E-state index in [0.29, 0.717) is 21.7 Å². The van der Waals surface area contributed by atoms with E-state index in [1.54, 1.807) is 36.4 Å². The topological polar surface area (TPSA) is 80.9 Å². The summed E-state index contributed by atoms with van der Waals surface area (Å²) in [6.45, 7) is 1.43. The Morgan fingerprint density at radius 3 is 2.57 bits per heavy atom. The molecule has 1 N–H and O–H groups in total. The van der Waals surface area contributed by atoms with Gasteiger partial charge in [0.15, 0.2) is 10.4 Å². The number of benzene rings is 1. The minimum atomic E-state index is -0.543. The number of nitrogens with one attached hydrogen (secondary N) is 1. The second-order valence-electron chi connectivity index (χ2n) is 4.74. The fraction of sp³-hybridized carbons (Fsp3) is 0.0625. The van der Waals surface area contributed by atoms with Crippen LogP contribution in [0.4, 0.5) is 5.69 Å². The normalized spacial score (nSPS) is 15.5. The lowest BCUT2D eigenvalue weighted by Gasteiger charge is -2.03. The Bertz CT molecular complexity index is 834. The highest BCUT2D eigenvalue weighted by Crippen LogP contribution is 2.22. The van der Waals surface area contributed by atoms with Gasteiger partial charge in [-0.25, -0.2) is 9.79 Å². The highest BCUT2D eigenvalue weighted by molar-refractivity contribution is 9.10. The van der Waals surface area contributed by atoms with Gasteiger partial charge in [-0.3, -0.25) is 4.79 Å². The number of furan rings is 1. The largest absolute Gasteiger partial charge is 0.450 e. The predicted molar refractivity (Wildman–Crippen MR) is 87.8 cm³/mol. The third-order valence-electron chi connectivity index (χ3n) is 2.95. The number of halogens is 1. The van der Waals surface area contributed by atoms with E-state index < -0.39 is 5.97 Å². The number of rotatable bonds is 3. The Morgan fingerprint density at radius 2 is 1.96 bits per heavy atom. The maximum atomic E-state index is 11.9. The first-order valence-corrected chi connectivity index (χ1v) is 7.46.